The maximum Gasteiger partial charge on any atom is 0.285 e. The highest BCUT2D eigenvalue weighted by atomic mass is 35.5. The monoisotopic (exact) mass is 365 g/mol. The molecule has 0 aliphatic rings. The van der Waals surface area contributed by atoms with Gasteiger partial charge in [0.2, 0.25) is 0 Å². The maximum atomic E-state index is 11.8. The van der Waals surface area contributed by atoms with Crippen LogP contribution in [0.2, 0.25) is 10.0 Å². The SMILES string of the molecule is O=C(C=Cc1ccc(Cl)cc1)N[S+]([O-])C=Cc1ccc(Cl)cc1. The smallest absolute Gasteiger partial charge is 0.285 e. The molecular weight excluding hydrogens is 353 g/mol. The van der Waals surface area contributed by atoms with Crippen LogP contribution in [0.25, 0.3) is 12.2 Å². The van der Waals surface area contributed by atoms with Crippen molar-refractivity contribution in [2.45, 2.75) is 0 Å². The Labute approximate surface area is 147 Å². The fraction of sp³-hybridized carbons (Fsp3) is 0. The molecular formula is C17H13Cl2NO2S. The van der Waals surface area contributed by atoms with Gasteiger partial charge in [-0.3, -0.25) is 4.79 Å². The van der Waals surface area contributed by atoms with E-state index in [1.165, 1.54) is 11.5 Å². The fourth-order valence-electron chi connectivity index (χ4n) is 1.63. The van der Waals surface area contributed by atoms with Crippen LogP contribution < -0.4 is 4.72 Å². The molecule has 0 fully saturated rings. The Balaban J connectivity index is 1.86. The fourth-order valence-corrected chi connectivity index (χ4v) is 2.49. The summed E-state index contributed by atoms with van der Waals surface area (Å²) < 4.78 is 14.1. The molecule has 1 N–H and O–H groups in total. The number of benzene rings is 2. The Morgan fingerprint density at radius 1 is 0.913 bits per heavy atom. The second-order valence-electron chi connectivity index (χ2n) is 4.50. The highest BCUT2D eigenvalue weighted by molar-refractivity contribution is 7.93. The van der Waals surface area contributed by atoms with E-state index in [1.807, 2.05) is 0 Å². The number of hydrogen-bond acceptors (Lipinski definition) is 2. The number of carbonyl (C=O) groups is 1. The lowest BCUT2D eigenvalue weighted by atomic mass is 10.2. The van der Waals surface area contributed by atoms with E-state index in [1.54, 1.807) is 60.7 Å². The summed E-state index contributed by atoms with van der Waals surface area (Å²) >= 11 is 9.96. The second kappa shape index (κ2) is 8.79. The summed E-state index contributed by atoms with van der Waals surface area (Å²) in [4.78, 5) is 11.7. The molecule has 118 valence electrons. The van der Waals surface area contributed by atoms with Crippen molar-refractivity contribution < 1.29 is 9.35 Å². The van der Waals surface area contributed by atoms with E-state index in [0.29, 0.717) is 10.0 Å². The van der Waals surface area contributed by atoms with Gasteiger partial charge < -0.3 is 4.55 Å². The number of nitrogens with one attached hydrogen (secondary N) is 1. The lowest BCUT2D eigenvalue weighted by Gasteiger charge is -2.03. The van der Waals surface area contributed by atoms with Crippen LogP contribution in [0.5, 0.6) is 0 Å². The molecule has 0 heterocycles. The zero-order chi connectivity index (χ0) is 16.7. The topological polar surface area (TPSA) is 52.2 Å². The van der Waals surface area contributed by atoms with Gasteiger partial charge in [0.05, 0.1) is 0 Å². The molecule has 0 spiro atoms. The minimum Gasteiger partial charge on any atom is -0.588 e. The predicted octanol–water partition coefficient (Wildman–Crippen LogP) is 4.46. The first kappa shape index (κ1) is 17.6. The first-order valence-electron chi connectivity index (χ1n) is 6.61. The molecule has 0 aliphatic heterocycles. The first-order valence-corrected chi connectivity index (χ1v) is 8.58. The van der Waals surface area contributed by atoms with Gasteiger partial charge in [-0.15, -0.1) is 0 Å². The van der Waals surface area contributed by atoms with Crippen molar-refractivity contribution in [2.75, 3.05) is 0 Å². The highest BCUT2D eigenvalue weighted by Gasteiger charge is 2.05. The second-order valence-corrected chi connectivity index (χ2v) is 6.45. The molecule has 1 atom stereocenters. The van der Waals surface area contributed by atoms with E-state index in [9.17, 15) is 9.35 Å². The number of rotatable bonds is 5. The Morgan fingerprint density at radius 3 is 1.91 bits per heavy atom. The Bertz CT molecular complexity index is 712. The number of carbonyl (C=O) groups excluding carboxylic acids is 1. The van der Waals surface area contributed by atoms with Gasteiger partial charge in [-0.1, -0.05) is 47.5 Å². The van der Waals surface area contributed by atoms with Crippen molar-refractivity contribution >= 4 is 52.6 Å². The van der Waals surface area contributed by atoms with Gasteiger partial charge in [0.25, 0.3) is 5.91 Å². The van der Waals surface area contributed by atoms with Crippen LogP contribution in [0.3, 0.4) is 0 Å². The number of hydrogen-bond donors (Lipinski definition) is 1. The van der Waals surface area contributed by atoms with Gasteiger partial charge in [0, 0.05) is 16.1 Å². The van der Waals surface area contributed by atoms with E-state index in [0.717, 1.165) is 11.1 Å². The maximum absolute atomic E-state index is 11.8. The van der Waals surface area contributed by atoms with Crippen molar-refractivity contribution in [1.82, 2.24) is 4.72 Å². The molecule has 2 aromatic rings. The van der Waals surface area contributed by atoms with Gasteiger partial charge in [-0.25, -0.2) is 0 Å². The van der Waals surface area contributed by atoms with E-state index < -0.39 is 17.3 Å². The molecule has 2 rings (SSSR count). The molecule has 0 bridgehead atoms. The summed E-state index contributed by atoms with van der Waals surface area (Å²) in [7, 11) is 0. The molecule has 6 heteroatoms. The molecule has 0 saturated heterocycles. The number of halogens is 2. The molecule has 1 amide bonds. The summed E-state index contributed by atoms with van der Waals surface area (Å²) in [5, 5.41) is 2.65. The van der Waals surface area contributed by atoms with Crippen LogP contribution >= 0.6 is 23.2 Å². The van der Waals surface area contributed by atoms with Crippen LogP contribution in [0.1, 0.15) is 11.1 Å². The van der Waals surface area contributed by atoms with E-state index in [4.69, 9.17) is 23.2 Å². The van der Waals surface area contributed by atoms with Crippen molar-refractivity contribution in [3.63, 3.8) is 0 Å². The van der Waals surface area contributed by atoms with Crippen molar-refractivity contribution in [1.29, 1.82) is 0 Å². The Morgan fingerprint density at radius 2 is 1.39 bits per heavy atom. The molecule has 0 aromatic heterocycles. The lowest BCUT2D eigenvalue weighted by Crippen LogP contribution is -2.26. The van der Waals surface area contributed by atoms with Gasteiger partial charge in [-0.2, -0.15) is 4.72 Å². The standard InChI is InChI=1S/C17H13Cl2NO2S/c18-15-6-1-13(2-7-15)5-10-17(21)20-23(22)12-11-14-3-8-16(19)9-4-14/h1-12H,(H,20,21). The molecule has 0 radical (unpaired) electrons. The highest BCUT2D eigenvalue weighted by Crippen LogP contribution is 2.12. The Kier molecular flexibility index (Phi) is 6.74. The summed E-state index contributed by atoms with van der Waals surface area (Å²) in [6.45, 7) is 0. The zero-order valence-corrected chi connectivity index (χ0v) is 14.2. The van der Waals surface area contributed by atoms with Crippen LogP contribution in [-0.2, 0) is 16.2 Å². The largest absolute Gasteiger partial charge is 0.588 e. The third-order valence-corrected chi connectivity index (χ3v) is 4.04. The summed E-state index contributed by atoms with van der Waals surface area (Å²) in [6.07, 6.45) is 4.58. The minimum atomic E-state index is -1.60. The molecule has 2 aromatic carbocycles. The molecule has 0 saturated carbocycles. The van der Waals surface area contributed by atoms with E-state index in [-0.39, 0.29) is 0 Å². The zero-order valence-electron chi connectivity index (χ0n) is 11.9. The average Bonchev–Trinajstić information content (AvgIpc) is 2.54. The van der Waals surface area contributed by atoms with Crippen LogP contribution in [0.15, 0.2) is 60.0 Å². The van der Waals surface area contributed by atoms with Crippen LogP contribution in [-0.4, -0.2) is 10.5 Å². The van der Waals surface area contributed by atoms with Crippen molar-refractivity contribution in [3.05, 3.63) is 81.2 Å². The van der Waals surface area contributed by atoms with Crippen molar-refractivity contribution in [3.8, 4) is 0 Å². The molecule has 23 heavy (non-hydrogen) atoms. The van der Waals surface area contributed by atoms with Gasteiger partial charge in [-0.05, 0) is 47.5 Å². The third kappa shape index (κ3) is 6.50. The molecule has 0 aliphatic carbocycles. The Hall–Kier alpha value is -1.72. The minimum absolute atomic E-state index is 0.445. The third-order valence-electron chi connectivity index (χ3n) is 2.75. The molecule has 1 unspecified atom stereocenters. The first-order chi connectivity index (χ1) is 11.0. The lowest BCUT2D eigenvalue weighted by molar-refractivity contribution is -0.114. The number of amides is 1. The summed E-state index contributed by atoms with van der Waals surface area (Å²) in [6, 6.07) is 14.1. The van der Waals surface area contributed by atoms with Crippen molar-refractivity contribution in [2.24, 2.45) is 0 Å². The van der Waals surface area contributed by atoms with E-state index >= 15 is 0 Å². The predicted molar refractivity (Wildman–Crippen MR) is 97.3 cm³/mol. The average molecular weight is 366 g/mol. The van der Waals surface area contributed by atoms with Crippen LogP contribution in [0, 0.1) is 0 Å². The van der Waals surface area contributed by atoms with E-state index in [2.05, 4.69) is 4.72 Å². The quantitative estimate of drug-likeness (QED) is 0.628. The van der Waals surface area contributed by atoms with Gasteiger partial charge in [0.15, 0.2) is 0 Å². The van der Waals surface area contributed by atoms with Gasteiger partial charge >= 0.3 is 0 Å². The summed E-state index contributed by atoms with van der Waals surface area (Å²) in [5.41, 5.74) is 1.67. The molecule has 3 nitrogen and oxygen atoms in total. The van der Waals surface area contributed by atoms with Crippen LogP contribution in [0.4, 0.5) is 0 Å². The van der Waals surface area contributed by atoms with Gasteiger partial charge in [0.1, 0.15) is 16.8 Å². The normalized spacial score (nSPS) is 12.7. The summed E-state index contributed by atoms with van der Waals surface area (Å²) in [5.74, 6) is -0.445.